The number of aryl methyl sites for hydroxylation is 1. The van der Waals surface area contributed by atoms with Crippen molar-refractivity contribution < 1.29 is 0 Å². The average molecular weight is 204 g/mol. The molecule has 3 heteroatoms. The Morgan fingerprint density at radius 3 is 2.79 bits per heavy atom. The number of rotatable bonds is 2. The summed E-state index contributed by atoms with van der Waals surface area (Å²) < 4.78 is 0. The lowest BCUT2D eigenvalue weighted by atomic mass is 10.1. The van der Waals surface area contributed by atoms with Gasteiger partial charge in [-0.05, 0) is 12.5 Å². The molecule has 0 aliphatic carbocycles. The minimum atomic E-state index is 0.524. The Labute approximate surface area is 87.4 Å². The van der Waals surface area contributed by atoms with Crippen LogP contribution in [-0.4, -0.2) is 4.98 Å². The molecular formula is C11H12N2S. The van der Waals surface area contributed by atoms with Gasteiger partial charge in [0.15, 0.2) is 0 Å². The maximum atomic E-state index is 5.53. The Balaban J connectivity index is 2.44. The van der Waals surface area contributed by atoms with Crippen LogP contribution in [0.1, 0.15) is 10.6 Å². The second-order valence-corrected chi connectivity index (χ2v) is 4.09. The third-order valence-electron chi connectivity index (χ3n) is 2.15. The quantitative estimate of drug-likeness (QED) is 0.816. The van der Waals surface area contributed by atoms with Gasteiger partial charge in [0.25, 0.3) is 0 Å². The smallest absolute Gasteiger partial charge is 0.107 e. The van der Waals surface area contributed by atoms with Crippen molar-refractivity contribution in [2.45, 2.75) is 13.5 Å². The number of benzene rings is 1. The van der Waals surface area contributed by atoms with Crippen molar-refractivity contribution in [2.75, 3.05) is 0 Å². The zero-order valence-corrected chi connectivity index (χ0v) is 8.84. The summed E-state index contributed by atoms with van der Waals surface area (Å²) in [5.74, 6) is 0. The summed E-state index contributed by atoms with van der Waals surface area (Å²) >= 11 is 1.62. The molecule has 0 aliphatic heterocycles. The highest BCUT2D eigenvalue weighted by Crippen LogP contribution is 2.24. The minimum absolute atomic E-state index is 0.524. The number of hydrogen-bond acceptors (Lipinski definition) is 3. The molecule has 0 radical (unpaired) electrons. The van der Waals surface area contributed by atoms with E-state index < -0.39 is 0 Å². The zero-order chi connectivity index (χ0) is 9.97. The molecule has 0 atom stereocenters. The first-order valence-electron chi connectivity index (χ1n) is 4.51. The molecule has 0 saturated carbocycles. The molecule has 0 fully saturated rings. The normalized spacial score (nSPS) is 10.4. The van der Waals surface area contributed by atoms with Crippen LogP contribution in [0.2, 0.25) is 0 Å². The van der Waals surface area contributed by atoms with Gasteiger partial charge in [-0.3, -0.25) is 0 Å². The van der Waals surface area contributed by atoms with Crippen molar-refractivity contribution in [3.63, 3.8) is 0 Å². The monoisotopic (exact) mass is 204 g/mol. The van der Waals surface area contributed by atoms with E-state index in [4.69, 9.17) is 5.73 Å². The maximum Gasteiger partial charge on any atom is 0.107 e. The SMILES string of the molecule is Cc1ccccc1-c1csc(CN)n1. The van der Waals surface area contributed by atoms with Crippen molar-refractivity contribution in [3.8, 4) is 11.3 Å². The number of nitrogens with two attached hydrogens (primary N) is 1. The van der Waals surface area contributed by atoms with Gasteiger partial charge in [-0.2, -0.15) is 0 Å². The second kappa shape index (κ2) is 3.90. The predicted molar refractivity (Wildman–Crippen MR) is 60.2 cm³/mol. The van der Waals surface area contributed by atoms with Crippen molar-refractivity contribution >= 4 is 11.3 Å². The second-order valence-electron chi connectivity index (χ2n) is 3.15. The minimum Gasteiger partial charge on any atom is -0.325 e. The molecule has 2 N–H and O–H groups in total. The first-order chi connectivity index (χ1) is 6.81. The molecule has 1 aromatic heterocycles. The first-order valence-corrected chi connectivity index (χ1v) is 5.39. The van der Waals surface area contributed by atoms with Crippen LogP contribution in [0.4, 0.5) is 0 Å². The Hall–Kier alpha value is -1.19. The van der Waals surface area contributed by atoms with Gasteiger partial charge in [0.2, 0.25) is 0 Å². The Morgan fingerprint density at radius 1 is 1.36 bits per heavy atom. The van der Waals surface area contributed by atoms with E-state index >= 15 is 0 Å². The van der Waals surface area contributed by atoms with Gasteiger partial charge in [-0.15, -0.1) is 11.3 Å². The Kier molecular flexibility index (Phi) is 2.61. The van der Waals surface area contributed by atoms with Crippen LogP contribution >= 0.6 is 11.3 Å². The summed E-state index contributed by atoms with van der Waals surface area (Å²) in [5.41, 5.74) is 9.01. The van der Waals surface area contributed by atoms with Crippen LogP contribution in [0.25, 0.3) is 11.3 Å². The van der Waals surface area contributed by atoms with Crippen LogP contribution in [0.3, 0.4) is 0 Å². The maximum absolute atomic E-state index is 5.53. The molecule has 1 heterocycles. The lowest BCUT2D eigenvalue weighted by Crippen LogP contribution is -1.94. The van der Waals surface area contributed by atoms with Crippen LogP contribution in [0.5, 0.6) is 0 Å². The Bertz CT molecular complexity index is 434. The Morgan fingerprint density at radius 2 is 2.14 bits per heavy atom. The van der Waals surface area contributed by atoms with E-state index in [9.17, 15) is 0 Å². The summed E-state index contributed by atoms with van der Waals surface area (Å²) in [4.78, 5) is 4.45. The standard InChI is InChI=1S/C11H12N2S/c1-8-4-2-3-5-9(8)10-7-14-11(6-12)13-10/h2-5,7H,6,12H2,1H3. The fraction of sp³-hybridized carbons (Fsp3) is 0.182. The fourth-order valence-corrected chi connectivity index (χ4v) is 2.06. The zero-order valence-electron chi connectivity index (χ0n) is 8.03. The van der Waals surface area contributed by atoms with E-state index in [1.807, 2.05) is 12.1 Å². The van der Waals surface area contributed by atoms with Crippen molar-refractivity contribution in [2.24, 2.45) is 5.73 Å². The highest BCUT2D eigenvalue weighted by Gasteiger charge is 2.04. The molecule has 2 nitrogen and oxygen atoms in total. The van der Waals surface area contributed by atoms with Crippen molar-refractivity contribution in [1.82, 2.24) is 4.98 Å². The molecule has 0 saturated heterocycles. The van der Waals surface area contributed by atoms with Gasteiger partial charge in [-0.25, -0.2) is 4.98 Å². The molecule has 0 spiro atoms. The molecule has 0 aliphatic rings. The van der Waals surface area contributed by atoms with Gasteiger partial charge in [0.1, 0.15) is 5.01 Å². The molecule has 1 aromatic carbocycles. The molecule has 14 heavy (non-hydrogen) atoms. The van der Waals surface area contributed by atoms with Gasteiger partial charge in [0, 0.05) is 17.5 Å². The molecule has 0 amide bonds. The highest BCUT2D eigenvalue weighted by atomic mass is 32.1. The third-order valence-corrected chi connectivity index (χ3v) is 3.02. The molecular weight excluding hydrogens is 192 g/mol. The largest absolute Gasteiger partial charge is 0.325 e. The number of aromatic nitrogens is 1. The number of thiazole rings is 1. The average Bonchev–Trinajstić information content (AvgIpc) is 2.67. The van der Waals surface area contributed by atoms with Gasteiger partial charge in [-0.1, -0.05) is 24.3 Å². The lowest BCUT2D eigenvalue weighted by molar-refractivity contribution is 1.04. The van der Waals surface area contributed by atoms with Gasteiger partial charge < -0.3 is 5.73 Å². The number of nitrogens with zero attached hydrogens (tertiary/aromatic N) is 1. The highest BCUT2D eigenvalue weighted by molar-refractivity contribution is 7.09. The molecule has 0 bridgehead atoms. The first kappa shape index (κ1) is 9.37. The van der Waals surface area contributed by atoms with E-state index in [-0.39, 0.29) is 0 Å². The fourth-order valence-electron chi connectivity index (χ4n) is 1.39. The van der Waals surface area contributed by atoms with Gasteiger partial charge >= 0.3 is 0 Å². The van der Waals surface area contributed by atoms with Crippen molar-refractivity contribution in [3.05, 3.63) is 40.2 Å². The predicted octanol–water partition coefficient (Wildman–Crippen LogP) is 2.58. The molecule has 0 unspecified atom stereocenters. The molecule has 2 rings (SSSR count). The molecule has 72 valence electrons. The van der Waals surface area contributed by atoms with Crippen molar-refractivity contribution in [1.29, 1.82) is 0 Å². The summed E-state index contributed by atoms with van der Waals surface area (Å²) in [6.07, 6.45) is 0. The van der Waals surface area contributed by atoms with E-state index in [0.717, 1.165) is 10.7 Å². The summed E-state index contributed by atoms with van der Waals surface area (Å²) in [6, 6.07) is 8.25. The van der Waals surface area contributed by atoms with Crippen LogP contribution in [0, 0.1) is 6.92 Å². The topological polar surface area (TPSA) is 38.9 Å². The number of hydrogen-bond donors (Lipinski definition) is 1. The summed E-state index contributed by atoms with van der Waals surface area (Å²) in [5, 5.41) is 3.05. The van der Waals surface area contributed by atoms with E-state index in [2.05, 4.69) is 29.4 Å². The van der Waals surface area contributed by atoms with E-state index in [1.54, 1.807) is 11.3 Å². The molecule has 2 aromatic rings. The lowest BCUT2D eigenvalue weighted by Gasteiger charge is -2.00. The third kappa shape index (κ3) is 1.69. The van der Waals surface area contributed by atoms with Gasteiger partial charge in [0.05, 0.1) is 5.69 Å². The van der Waals surface area contributed by atoms with Crippen LogP contribution in [0.15, 0.2) is 29.6 Å². The summed E-state index contributed by atoms with van der Waals surface area (Å²) in [7, 11) is 0. The van der Waals surface area contributed by atoms with E-state index in [1.165, 1.54) is 11.1 Å². The van der Waals surface area contributed by atoms with Crippen LogP contribution < -0.4 is 5.73 Å². The summed E-state index contributed by atoms with van der Waals surface area (Å²) in [6.45, 7) is 2.62. The van der Waals surface area contributed by atoms with Crippen LogP contribution in [-0.2, 0) is 6.54 Å². The van der Waals surface area contributed by atoms with E-state index in [0.29, 0.717) is 6.54 Å².